The molecular weight excluding hydrogens is 204 g/mol. The van der Waals surface area contributed by atoms with Crippen LogP contribution in [0.2, 0.25) is 0 Å². The Labute approximate surface area is 95.8 Å². The second-order valence-electron chi connectivity index (χ2n) is 3.74. The summed E-state index contributed by atoms with van der Waals surface area (Å²) in [6.07, 6.45) is 0. The predicted molar refractivity (Wildman–Crippen MR) is 64.8 cm³/mol. The van der Waals surface area contributed by atoms with E-state index in [9.17, 15) is 4.79 Å². The van der Waals surface area contributed by atoms with Crippen LogP contribution >= 0.6 is 0 Å². The number of methoxy groups -OCH3 is 1. The summed E-state index contributed by atoms with van der Waals surface area (Å²) in [5, 5.41) is 2.79. The van der Waals surface area contributed by atoms with Gasteiger partial charge in [0.15, 0.2) is 0 Å². The number of carbonyl (C=O) groups excluding carboxylic acids is 1. The summed E-state index contributed by atoms with van der Waals surface area (Å²) in [6, 6.07) is 5.66. The van der Waals surface area contributed by atoms with E-state index < -0.39 is 0 Å². The highest BCUT2D eigenvalue weighted by Crippen LogP contribution is 2.32. The lowest BCUT2D eigenvalue weighted by molar-refractivity contribution is -0.114. The van der Waals surface area contributed by atoms with Crippen molar-refractivity contribution in [2.24, 2.45) is 5.73 Å². The summed E-state index contributed by atoms with van der Waals surface area (Å²) < 4.78 is 5.23. The molecule has 0 aliphatic rings. The first-order valence-electron chi connectivity index (χ1n) is 5.24. The lowest BCUT2D eigenvalue weighted by Crippen LogP contribution is -2.14. The van der Waals surface area contributed by atoms with Crippen molar-refractivity contribution in [3.8, 4) is 5.75 Å². The van der Waals surface area contributed by atoms with Crippen LogP contribution in [0.4, 0.5) is 5.69 Å². The van der Waals surface area contributed by atoms with E-state index in [1.165, 1.54) is 6.92 Å². The first kappa shape index (κ1) is 12.5. The number of benzene rings is 1. The van der Waals surface area contributed by atoms with E-state index in [2.05, 4.69) is 5.32 Å². The van der Waals surface area contributed by atoms with Crippen molar-refractivity contribution in [3.63, 3.8) is 0 Å². The zero-order valence-corrected chi connectivity index (χ0v) is 9.91. The largest absolute Gasteiger partial charge is 0.495 e. The molecule has 0 saturated heterocycles. The van der Waals surface area contributed by atoms with Crippen LogP contribution in [0.3, 0.4) is 0 Å². The molecule has 0 fully saturated rings. The third kappa shape index (κ3) is 2.73. The van der Waals surface area contributed by atoms with E-state index >= 15 is 0 Å². The van der Waals surface area contributed by atoms with Crippen molar-refractivity contribution >= 4 is 11.6 Å². The number of hydrogen-bond donors (Lipinski definition) is 2. The molecule has 1 aromatic carbocycles. The van der Waals surface area contributed by atoms with Gasteiger partial charge in [-0.05, 0) is 24.1 Å². The monoisotopic (exact) mass is 222 g/mol. The summed E-state index contributed by atoms with van der Waals surface area (Å²) in [7, 11) is 1.58. The molecule has 0 aromatic heterocycles. The standard InChI is InChI=1S/C12H18N2O2/c1-8(7-13)10-5-4-6-11(16-3)12(10)14-9(2)15/h4-6,8H,7,13H2,1-3H3,(H,14,15). The van der Waals surface area contributed by atoms with Gasteiger partial charge in [-0.1, -0.05) is 19.1 Å². The van der Waals surface area contributed by atoms with Crippen molar-refractivity contribution in [1.29, 1.82) is 0 Å². The third-order valence-corrected chi connectivity index (χ3v) is 2.46. The molecule has 1 amide bonds. The summed E-state index contributed by atoms with van der Waals surface area (Å²) in [6.45, 7) is 4.02. The van der Waals surface area contributed by atoms with Gasteiger partial charge >= 0.3 is 0 Å². The van der Waals surface area contributed by atoms with Crippen molar-refractivity contribution in [3.05, 3.63) is 23.8 Å². The normalized spacial score (nSPS) is 12.0. The van der Waals surface area contributed by atoms with Crippen molar-refractivity contribution < 1.29 is 9.53 Å². The van der Waals surface area contributed by atoms with Crippen molar-refractivity contribution in [2.75, 3.05) is 19.0 Å². The SMILES string of the molecule is COc1cccc(C(C)CN)c1NC(C)=O. The fourth-order valence-electron chi connectivity index (χ4n) is 1.57. The van der Waals surface area contributed by atoms with Gasteiger partial charge in [0.05, 0.1) is 12.8 Å². The van der Waals surface area contributed by atoms with Crippen LogP contribution in [0.15, 0.2) is 18.2 Å². The topological polar surface area (TPSA) is 64.3 Å². The summed E-state index contributed by atoms with van der Waals surface area (Å²) in [5.41, 5.74) is 7.36. The molecule has 4 heteroatoms. The van der Waals surface area contributed by atoms with E-state index in [1.807, 2.05) is 25.1 Å². The van der Waals surface area contributed by atoms with Gasteiger partial charge in [-0.2, -0.15) is 0 Å². The summed E-state index contributed by atoms with van der Waals surface area (Å²) in [4.78, 5) is 11.1. The minimum atomic E-state index is -0.116. The van der Waals surface area contributed by atoms with Gasteiger partial charge in [-0.25, -0.2) is 0 Å². The minimum absolute atomic E-state index is 0.116. The van der Waals surface area contributed by atoms with E-state index in [4.69, 9.17) is 10.5 Å². The van der Waals surface area contributed by atoms with Crippen LogP contribution < -0.4 is 15.8 Å². The van der Waals surface area contributed by atoms with Gasteiger partial charge < -0.3 is 15.8 Å². The number of anilines is 1. The lowest BCUT2D eigenvalue weighted by Gasteiger charge is -2.17. The van der Waals surface area contributed by atoms with Crippen molar-refractivity contribution in [2.45, 2.75) is 19.8 Å². The Hall–Kier alpha value is -1.55. The van der Waals surface area contributed by atoms with Gasteiger partial charge in [-0.3, -0.25) is 4.79 Å². The number of carbonyl (C=O) groups is 1. The van der Waals surface area contributed by atoms with Crippen LogP contribution in [0.25, 0.3) is 0 Å². The smallest absolute Gasteiger partial charge is 0.221 e. The van der Waals surface area contributed by atoms with Crippen LogP contribution in [0.5, 0.6) is 5.75 Å². The molecule has 16 heavy (non-hydrogen) atoms. The van der Waals surface area contributed by atoms with Gasteiger partial charge in [0.1, 0.15) is 5.75 Å². The zero-order chi connectivity index (χ0) is 12.1. The lowest BCUT2D eigenvalue weighted by atomic mass is 9.98. The number of rotatable bonds is 4. The van der Waals surface area contributed by atoms with E-state index in [0.29, 0.717) is 12.3 Å². The van der Waals surface area contributed by atoms with Gasteiger partial charge in [-0.15, -0.1) is 0 Å². The molecule has 88 valence electrons. The highest BCUT2D eigenvalue weighted by atomic mass is 16.5. The molecule has 3 N–H and O–H groups in total. The Bertz CT molecular complexity index is 377. The Balaban J connectivity index is 3.19. The van der Waals surface area contributed by atoms with Crippen LogP contribution in [0, 0.1) is 0 Å². The number of ether oxygens (including phenoxy) is 1. The molecule has 1 rings (SSSR count). The molecule has 0 aliphatic heterocycles. The van der Waals surface area contributed by atoms with Gasteiger partial charge in [0.2, 0.25) is 5.91 Å². The quantitative estimate of drug-likeness (QED) is 0.815. The van der Waals surface area contributed by atoms with Crippen molar-refractivity contribution in [1.82, 2.24) is 0 Å². The van der Waals surface area contributed by atoms with Crippen LogP contribution in [0.1, 0.15) is 25.3 Å². The zero-order valence-electron chi connectivity index (χ0n) is 9.91. The Morgan fingerprint density at radius 2 is 2.25 bits per heavy atom. The average molecular weight is 222 g/mol. The predicted octanol–water partition coefficient (Wildman–Crippen LogP) is 1.72. The average Bonchev–Trinajstić information content (AvgIpc) is 2.27. The molecule has 0 aliphatic carbocycles. The molecule has 0 heterocycles. The molecule has 4 nitrogen and oxygen atoms in total. The molecule has 0 spiro atoms. The molecule has 1 aromatic rings. The molecule has 0 bridgehead atoms. The maximum Gasteiger partial charge on any atom is 0.221 e. The molecule has 1 atom stereocenters. The highest BCUT2D eigenvalue weighted by Gasteiger charge is 2.14. The Morgan fingerprint density at radius 1 is 1.56 bits per heavy atom. The number of nitrogens with two attached hydrogens (primary N) is 1. The van der Waals surface area contributed by atoms with Crippen LogP contribution in [-0.2, 0) is 4.79 Å². The Morgan fingerprint density at radius 3 is 2.75 bits per heavy atom. The van der Waals surface area contributed by atoms with E-state index in [0.717, 1.165) is 11.3 Å². The number of para-hydroxylation sites is 1. The minimum Gasteiger partial charge on any atom is -0.495 e. The first-order valence-corrected chi connectivity index (χ1v) is 5.24. The maximum atomic E-state index is 11.1. The molecule has 1 unspecified atom stereocenters. The molecular formula is C12H18N2O2. The molecule has 0 saturated carbocycles. The highest BCUT2D eigenvalue weighted by molar-refractivity contribution is 5.91. The summed E-state index contributed by atoms with van der Waals surface area (Å²) in [5.74, 6) is 0.722. The van der Waals surface area contributed by atoms with Gasteiger partial charge in [0, 0.05) is 6.92 Å². The number of nitrogens with one attached hydrogen (secondary N) is 1. The number of hydrogen-bond acceptors (Lipinski definition) is 3. The fourth-order valence-corrected chi connectivity index (χ4v) is 1.57. The maximum absolute atomic E-state index is 11.1. The number of amides is 1. The van der Waals surface area contributed by atoms with E-state index in [1.54, 1.807) is 7.11 Å². The fraction of sp³-hybridized carbons (Fsp3) is 0.417. The van der Waals surface area contributed by atoms with E-state index in [-0.39, 0.29) is 11.8 Å². The third-order valence-electron chi connectivity index (χ3n) is 2.46. The second kappa shape index (κ2) is 5.51. The Kier molecular flexibility index (Phi) is 4.31. The van der Waals surface area contributed by atoms with Gasteiger partial charge in [0.25, 0.3) is 0 Å². The second-order valence-corrected chi connectivity index (χ2v) is 3.74. The van der Waals surface area contributed by atoms with Crippen LogP contribution in [-0.4, -0.2) is 19.6 Å². The summed E-state index contributed by atoms with van der Waals surface area (Å²) >= 11 is 0. The first-order chi connectivity index (χ1) is 7.60. The molecule has 0 radical (unpaired) electrons.